The van der Waals surface area contributed by atoms with Crippen molar-refractivity contribution in [3.8, 4) is 0 Å². The highest BCUT2D eigenvalue weighted by atomic mass is 19.4. The number of fused-ring (bicyclic) bond motifs is 1. The van der Waals surface area contributed by atoms with Crippen LogP contribution in [0.4, 0.5) is 26.3 Å². The van der Waals surface area contributed by atoms with E-state index in [-0.39, 0.29) is 11.8 Å². The van der Waals surface area contributed by atoms with Crippen molar-refractivity contribution in [1.29, 1.82) is 0 Å². The summed E-state index contributed by atoms with van der Waals surface area (Å²) in [5.74, 6) is -3.38. The molecule has 2 aromatic rings. The Bertz CT molecular complexity index is 1190. The number of halogens is 6. The summed E-state index contributed by atoms with van der Waals surface area (Å²) in [6, 6.07) is 2.12. The Balaban J connectivity index is 0.000000349. The van der Waals surface area contributed by atoms with Gasteiger partial charge in [0.05, 0.1) is 17.1 Å². The molecule has 2 aliphatic rings. The van der Waals surface area contributed by atoms with Gasteiger partial charge in [-0.1, -0.05) is 13.8 Å². The first kappa shape index (κ1) is 33.6. The predicted octanol–water partition coefficient (Wildman–Crippen LogP) is 3.66. The van der Waals surface area contributed by atoms with Gasteiger partial charge in [0.1, 0.15) is 5.76 Å². The van der Waals surface area contributed by atoms with Gasteiger partial charge >= 0.3 is 30.2 Å². The number of carbonyl (C=O) groups is 3. The Morgan fingerprint density at radius 2 is 1.54 bits per heavy atom. The van der Waals surface area contributed by atoms with E-state index in [4.69, 9.17) is 24.2 Å². The number of hydrogen-bond donors (Lipinski definition) is 2. The number of alkyl halides is 6. The van der Waals surface area contributed by atoms with Crippen LogP contribution in [0.3, 0.4) is 0 Å². The number of carboxylic acid groups (broad SMARTS) is 2. The molecule has 2 N–H and O–H groups in total. The lowest BCUT2D eigenvalue weighted by molar-refractivity contribution is -0.193. The van der Waals surface area contributed by atoms with Gasteiger partial charge in [-0.05, 0) is 31.2 Å². The van der Waals surface area contributed by atoms with Crippen molar-refractivity contribution in [3.05, 3.63) is 34.8 Å². The van der Waals surface area contributed by atoms with Crippen molar-refractivity contribution in [1.82, 2.24) is 24.6 Å². The van der Waals surface area contributed by atoms with E-state index in [9.17, 15) is 31.1 Å². The van der Waals surface area contributed by atoms with E-state index < -0.39 is 24.3 Å². The number of nitrogens with zero attached hydrogens (tertiary/aromatic N) is 5. The summed E-state index contributed by atoms with van der Waals surface area (Å²) in [5, 5.41) is 18.7. The molecule has 230 valence electrons. The zero-order chi connectivity index (χ0) is 31.3. The number of rotatable bonds is 3. The monoisotopic (exact) mass is 599 g/mol. The summed E-state index contributed by atoms with van der Waals surface area (Å²) < 4.78 is 71.3. The second-order valence-corrected chi connectivity index (χ2v) is 10.0. The van der Waals surface area contributed by atoms with Crippen LogP contribution in [0, 0.1) is 18.8 Å². The lowest BCUT2D eigenvalue weighted by Gasteiger charge is -2.34. The van der Waals surface area contributed by atoms with Crippen LogP contribution >= 0.6 is 0 Å². The highest BCUT2D eigenvalue weighted by molar-refractivity contribution is 5.89. The number of piperidine rings is 1. The third-order valence-corrected chi connectivity index (χ3v) is 6.12. The molecule has 2 atom stereocenters. The van der Waals surface area contributed by atoms with Gasteiger partial charge in [-0.15, -0.1) is 0 Å². The van der Waals surface area contributed by atoms with Crippen LogP contribution < -0.4 is 0 Å². The molecular formula is C24H31F6N5O6. The number of oxazole rings is 1. The van der Waals surface area contributed by atoms with Crippen LogP contribution in [-0.4, -0.2) is 84.6 Å². The van der Waals surface area contributed by atoms with E-state index in [1.54, 1.807) is 0 Å². The number of aliphatic carboxylic acids is 2. The van der Waals surface area contributed by atoms with E-state index >= 15 is 0 Å². The van der Waals surface area contributed by atoms with E-state index in [0.29, 0.717) is 18.4 Å². The summed E-state index contributed by atoms with van der Waals surface area (Å²) in [7, 11) is 1.98. The average molecular weight is 600 g/mol. The number of aromatic nitrogens is 3. The van der Waals surface area contributed by atoms with Gasteiger partial charge in [-0.25, -0.2) is 14.6 Å². The van der Waals surface area contributed by atoms with Gasteiger partial charge < -0.3 is 19.5 Å². The summed E-state index contributed by atoms with van der Waals surface area (Å²) in [5.41, 5.74) is 3.12. The van der Waals surface area contributed by atoms with E-state index in [2.05, 4.69) is 34.9 Å². The Morgan fingerprint density at radius 1 is 1.02 bits per heavy atom. The minimum atomic E-state index is -5.08. The van der Waals surface area contributed by atoms with Crippen molar-refractivity contribution in [2.45, 2.75) is 59.1 Å². The molecule has 17 heteroatoms. The van der Waals surface area contributed by atoms with Crippen LogP contribution in [-0.2, 0) is 36.1 Å². The Hall–Kier alpha value is -3.63. The molecule has 4 rings (SSSR count). The first-order valence-corrected chi connectivity index (χ1v) is 12.4. The maximum absolute atomic E-state index is 12.9. The molecule has 1 amide bonds. The second kappa shape index (κ2) is 13.4. The molecule has 2 aromatic heterocycles. The molecule has 1 saturated heterocycles. The van der Waals surface area contributed by atoms with Crippen LogP contribution in [0.25, 0.3) is 0 Å². The lowest BCUT2D eigenvalue weighted by Crippen LogP contribution is -2.42. The predicted molar refractivity (Wildman–Crippen MR) is 128 cm³/mol. The topological polar surface area (TPSA) is 142 Å². The SMILES string of the molecule is Cc1cc(CN2CCc3oc(C(=O)N4CC(C)CC(C)C4)nc3C2)n(C)n1.O=C(O)C(F)(F)F.O=C(O)C(F)(F)F. The fourth-order valence-corrected chi connectivity index (χ4v) is 4.48. The number of carbonyl (C=O) groups excluding carboxylic acids is 1. The summed E-state index contributed by atoms with van der Waals surface area (Å²) in [6.45, 7) is 10.4. The molecule has 41 heavy (non-hydrogen) atoms. The van der Waals surface area contributed by atoms with E-state index in [1.807, 2.05) is 23.6 Å². The van der Waals surface area contributed by atoms with Crippen molar-refractivity contribution >= 4 is 17.8 Å². The maximum Gasteiger partial charge on any atom is 0.490 e. The minimum Gasteiger partial charge on any atom is -0.475 e. The molecule has 0 spiro atoms. The quantitative estimate of drug-likeness (QED) is 0.506. The highest BCUT2D eigenvalue weighted by Gasteiger charge is 2.39. The third-order valence-electron chi connectivity index (χ3n) is 6.12. The molecule has 0 bridgehead atoms. The van der Waals surface area contributed by atoms with E-state index in [1.165, 1.54) is 12.1 Å². The van der Waals surface area contributed by atoms with Crippen molar-refractivity contribution < 1.29 is 55.4 Å². The number of hydrogen-bond acceptors (Lipinski definition) is 7. The van der Waals surface area contributed by atoms with Crippen LogP contribution in [0.5, 0.6) is 0 Å². The maximum atomic E-state index is 12.9. The summed E-state index contributed by atoms with van der Waals surface area (Å²) in [6.07, 6.45) is -8.20. The molecule has 0 aromatic carbocycles. The number of carboxylic acids is 2. The minimum absolute atomic E-state index is 0.0587. The van der Waals surface area contributed by atoms with Crippen LogP contribution in [0.1, 0.15) is 53.8 Å². The number of aryl methyl sites for hydroxylation is 2. The molecule has 1 fully saturated rings. The van der Waals surface area contributed by atoms with Crippen molar-refractivity contribution in [2.24, 2.45) is 18.9 Å². The fraction of sp³-hybridized carbons (Fsp3) is 0.625. The number of amides is 1. The van der Waals surface area contributed by atoms with Gasteiger partial charge in [-0.3, -0.25) is 14.4 Å². The van der Waals surface area contributed by atoms with Crippen LogP contribution in [0.15, 0.2) is 10.5 Å². The number of likely N-dealkylation sites (tertiary alicyclic amines) is 1. The molecule has 0 saturated carbocycles. The van der Waals surface area contributed by atoms with Crippen molar-refractivity contribution in [3.63, 3.8) is 0 Å². The van der Waals surface area contributed by atoms with Gasteiger partial charge in [0.25, 0.3) is 5.89 Å². The molecule has 0 aliphatic carbocycles. The Kier molecular flexibility index (Phi) is 10.9. The summed E-state index contributed by atoms with van der Waals surface area (Å²) in [4.78, 5) is 39.5. The Labute approximate surface area is 230 Å². The highest BCUT2D eigenvalue weighted by Crippen LogP contribution is 2.25. The molecular weight excluding hydrogens is 568 g/mol. The molecule has 2 unspecified atom stereocenters. The second-order valence-electron chi connectivity index (χ2n) is 10.0. The van der Waals surface area contributed by atoms with E-state index in [0.717, 1.165) is 49.7 Å². The fourth-order valence-electron chi connectivity index (χ4n) is 4.48. The molecule has 4 heterocycles. The Morgan fingerprint density at radius 3 is 1.98 bits per heavy atom. The van der Waals surface area contributed by atoms with Gasteiger partial charge in [0, 0.05) is 46.2 Å². The van der Waals surface area contributed by atoms with Crippen LogP contribution in [0.2, 0.25) is 0 Å². The van der Waals surface area contributed by atoms with Gasteiger partial charge in [0.2, 0.25) is 0 Å². The molecule has 0 radical (unpaired) electrons. The third kappa shape index (κ3) is 10.1. The smallest absolute Gasteiger partial charge is 0.475 e. The average Bonchev–Trinajstić information content (AvgIpc) is 3.39. The standard InChI is InChI=1S/C20H29N5O2.2C2HF3O2/c1-13-7-14(2)10-25(9-13)20(26)19-21-17-12-24(6-5-18(17)27-19)11-16-8-15(3)22-23(16)4;2*3-2(4,5)1(6)7/h8,13-14H,5-7,9-12H2,1-4H3;2*(H,6,7). The largest absolute Gasteiger partial charge is 0.490 e. The zero-order valence-corrected chi connectivity index (χ0v) is 22.7. The first-order chi connectivity index (χ1) is 18.8. The molecule has 2 aliphatic heterocycles. The molecule has 11 nitrogen and oxygen atoms in total. The summed E-state index contributed by atoms with van der Waals surface area (Å²) >= 11 is 0. The van der Waals surface area contributed by atoms with Gasteiger partial charge in [0.15, 0.2) is 0 Å². The first-order valence-electron chi connectivity index (χ1n) is 12.4. The zero-order valence-electron chi connectivity index (χ0n) is 22.7. The van der Waals surface area contributed by atoms with Crippen molar-refractivity contribution in [2.75, 3.05) is 19.6 Å². The van der Waals surface area contributed by atoms with Gasteiger partial charge in [-0.2, -0.15) is 31.4 Å². The normalized spacial score (nSPS) is 19.3. The lowest BCUT2D eigenvalue weighted by atomic mass is 9.92.